The van der Waals surface area contributed by atoms with E-state index in [1.165, 1.54) is 23.3 Å². The number of benzene rings is 1. The van der Waals surface area contributed by atoms with Crippen LogP contribution in [0.1, 0.15) is 47.0 Å². The number of carbonyl (C=O) groups excluding carboxylic acids is 1. The van der Waals surface area contributed by atoms with E-state index in [0.717, 1.165) is 23.3 Å². The third-order valence-corrected chi connectivity index (χ3v) is 6.95. The van der Waals surface area contributed by atoms with Crippen molar-refractivity contribution in [1.82, 2.24) is 15.0 Å². The second-order valence-electron chi connectivity index (χ2n) is 7.53. The maximum Gasteiger partial charge on any atom is 0.268 e. The van der Waals surface area contributed by atoms with Gasteiger partial charge in [0.25, 0.3) is 5.89 Å². The second-order valence-corrected chi connectivity index (χ2v) is 9.10. The number of halogens is 1. The Morgan fingerprint density at radius 1 is 1.25 bits per heavy atom. The van der Waals surface area contributed by atoms with Crippen molar-refractivity contribution >= 4 is 28.8 Å². The van der Waals surface area contributed by atoms with Gasteiger partial charge in [0.2, 0.25) is 5.91 Å². The molecule has 1 aliphatic heterocycles. The molecule has 1 unspecified atom stereocenters. The lowest BCUT2D eigenvalue weighted by atomic mass is 9.99. The lowest BCUT2D eigenvalue weighted by Gasteiger charge is -2.16. The molecule has 1 saturated heterocycles. The molecule has 0 bridgehead atoms. The Morgan fingerprint density at radius 2 is 2.14 bits per heavy atom. The number of likely N-dealkylation sites (tertiary alicyclic amines) is 1. The fourth-order valence-corrected chi connectivity index (χ4v) is 5.44. The van der Waals surface area contributed by atoms with Crippen LogP contribution in [0.25, 0.3) is 10.8 Å². The van der Waals surface area contributed by atoms with Gasteiger partial charge < -0.3 is 9.42 Å². The molecule has 2 aliphatic rings. The number of nitrogens with zero attached hydrogens (tertiary/aromatic N) is 3. The highest BCUT2D eigenvalue weighted by Crippen LogP contribution is 2.36. The van der Waals surface area contributed by atoms with E-state index >= 15 is 0 Å². The Kier molecular flexibility index (Phi) is 4.69. The first-order valence-electron chi connectivity index (χ1n) is 9.63. The van der Waals surface area contributed by atoms with Crippen molar-refractivity contribution in [2.45, 2.75) is 44.6 Å². The molecule has 3 aromatic rings. The van der Waals surface area contributed by atoms with Crippen LogP contribution in [-0.2, 0) is 24.2 Å². The average molecular weight is 414 g/mol. The first-order chi connectivity index (χ1) is 13.7. The van der Waals surface area contributed by atoms with E-state index in [0.29, 0.717) is 36.2 Å². The fraction of sp³-hybridized carbons (Fsp3) is 0.381. The third kappa shape index (κ3) is 3.47. The molecule has 1 atom stereocenters. The Hall–Kier alpha value is -2.18. The summed E-state index contributed by atoms with van der Waals surface area (Å²) in [6, 6.07) is 9.82. The maximum absolute atomic E-state index is 12.5. The van der Waals surface area contributed by atoms with Crippen LogP contribution in [0.2, 0.25) is 5.02 Å². The van der Waals surface area contributed by atoms with Gasteiger partial charge in [0.05, 0.1) is 4.88 Å². The molecule has 1 fully saturated rings. The molecule has 28 heavy (non-hydrogen) atoms. The van der Waals surface area contributed by atoms with Gasteiger partial charge in [-0.1, -0.05) is 28.9 Å². The Balaban J connectivity index is 1.31. The highest BCUT2D eigenvalue weighted by molar-refractivity contribution is 7.15. The Labute approximate surface area is 172 Å². The predicted octanol–water partition coefficient (Wildman–Crippen LogP) is 4.85. The topological polar surface area (TPSA) is 59.2 Å². The third-order valence-electron chi connectivity index (χ3n) is 5.49. The van der Waals surface area contributed by atoms with Crippen molar-refractivity contribution in [2.24, 2.45) is 0 Å². The van der Waals surface area contributed by atoms with E-state index in [4.69, 9.17) is 16.1 Å². The molecule has 0 spiro atoms. The molecule has 144 valence electrons. The van der Waals surface area contributed by atoms with Crippen LogP contribution in [-0.4, -0.2) is 27.5 Å². The first kappa shape index (κ1) is 17.9. The number of hydrogen-bond acceptors (Lipinski definition) is 5. The van der Waals surface area contributed by atoms with E-state index in [1.807, 2.05) is 29.2 Å². The summed E-state index contributed by atoms with van der Waals surface area (Å²) in [6.45, 7) is 1.16. The minimum absolute atomic E-state index is 0.0289. The highest BCUT2D eigenvalue weighted by Gasteiger charge is 2.34. The summed E-state index contributed by atoms with van der Waals surface area (Å²) in [6.07, 6.45) is 5.22. The molecule has 0 radical (unpaired) electrons. The van der Waals surface area contributed by atoms with Crippen LogP contribution < -0.4 is 0 Å². The molecule has 1 aromatic carbocycles. The summed E-state index contributed by atoms with van der Waals surface area (Å²) in [5.41, 5.74) is 2.45. The monoisotopic (exact) mass is 413 g/mol. The van der Waals surface area contributed by atoms with E-state index in [1.54, 1.807) is 11.3 Å². The van der Waals surface area contributed by atoms with E-state index in [9.17, 15) is 4.79 Å². The van der Waals surface area contributed by atoms with Crippen LogP contribution in [0.4, 0.5) is 0 Å². The van der Waals surface area contributed by atoms with Gasteiger partial charge in [-0.05, 0) is 55.0 Å². The zero-order valence-electron chi connectivity index (χ0n) is 15.4. The lowest BCUT2D eigenvalue weighted by Crippen LogP contribution is -2.24. The van der Waals surface area contributed by atoms with Gasteiger partial charge in [-0.25, -0.2) is 0 Å². The summed E-state index contributed by atoms with van der Waals surface area (Å²) in [5.74, 6) is 1.29. The van der Waals surface area contributed by atoms with Crippen molar-refractivity contribution in [1.29, 1.82) is 0 Å². The van der Waals surface area contributed by atoms with E-state index in [-0.39, 0.29) is 11.8 Å². The molecule has 7 heteroatoms. The quantitative estimate of drug-likeness (QED) is 0.613. The molecule has 1 aliphatic carbocycles. The minimum atomic E-state index is -0.0289. The van der Waals surface area contributed by atoms with Crippen molar-refractivity contribution in [3.63, 3.8) is 0 Å². The van der Waals surface area contributed by atoms with Gasteiger partial charge >= 0.3 is 0 Å². The summed E-state index contributed by atoms with van der Waals surface area (Å²) < 4.78 is 5.55. The Morgan fingerprint density at radius 3 is 3.00 bits per heavy atom. The van der Waals surface area contributed by atoms with Gasteiger partial charge in [-0.15, -0.1) is 11.3 Å². The fourth-order valence-electron chi connectivity index (χ4n) is 4.05. The van der Waals surface area contributed by atoms with Crippen molar-refractivity contribution in [3.05, 3.63) is 57.2 Å². The largest absolute Gasteiger partial charge is 0.338 e. The van der Waals surface area contributed by atoms with Crippen molar-refractivity contribution < 1.29 is 9.32 Å². The van der Waals surface area contributed by atoms with Crippen LogP contribution in [0.15, 0.2) is 34.9 Å². The molecule has 2 aromatic heterocycles. The second kappa shape index (κ2) is 7.33. The summed E-state index contributed by atoms with van der Waals surface area (Å²) in [5, 5.41) is 4.87. The van der Waals surface area contributed by atoms with Crippen LogP contribution in [0.3, 0.4) is 0 Å². The molecule has 5 nitrogen and oxygen atoms in total. The van der Waals surface area contributed by atoms with Crippen LogP contribution in [0, 0.1) is 0 Å². The van der Waals surface area contributed by atoms with Crippen LogP contribution >= 0.6 is 22.9 Å². The van der Waals surface area contributed by atoms with Gasteiger partial charge in [-0.2, -0.15) is 4.98 Å². The number of rotatable bonds is 4. The number of amides is 1. The Bertz CT molecular complexity index is 1000. The number of thiophene rings is 1. The standard InChI is InChI=1S/C21H20ClN3O2S/c22-16-6-3-4-13(8-16)11-25-12-15(10-19(25)26)20-23-21(27-24-20)18-9-14-5-1-2-7-17(14)28-18/h3-4,6,8-9,15H,1-2,5,7,10-12H2. The molecule has 5 rings (SSSR count). The zero-order chi connectivity index (χ0) is 19.1. The van der Waals surface area contributed by atoms with Crippen molar-refractivity contribution in [3.8, 4) is 10.8 Å². The first-order valence-corrected chi connectivity index (χ1v) is 10.8. The molecule has 3 heterocycles. The molecule has 0 N–H and O–H groups in total. The summed E-state index contributed by atoms with van der Waals surface area (Å²) >= 11 is 7.82. The number of aromatic nitrogens is 2. The number of fused-ring (bicyclic) bond motifs is 1. The van der Waals surface area contributed by atoms with Gasteiger partial charge in [0.15, 0.2) is 5.82 Å². The summed E-state index contributed by atoms with van der Waals surface area (Å²) in [4.78, 5) is 21.4. The molecular weight excluding hydrogens is 394 g/mol. The number of carbonyl (C=O) groups is 1. The number of aryl methyl sites for hydroxylation is 2. The lowest BCUT2D eigenvalue weighted by molar-refractivity contribution is -0.128. The summed E-state index contributed by atoms with van der Waals surface area (Å²) in [7, 11) is 0. The van der Waals surface area contributed by atoms with Crippen LogP contribution in [0.5, 0.6) is 0 Å². The molecular formula is C21H20ClN3O2S. The van der Waals surface area contributed by atoms with Gasteiger partial charge in [0.1, 0.15) is 0 Å². The van der Waals surface area contributed by atoms with Gasteiger partial charge in [-0.3, -0.25) is 4.79 Å². The predicted molar refractivity (Wildman–Crippen MR) is 108 cm³/mol. The highest BCUT2D eigenvalue weighted by atomic mass is 35.5. The SMILES string of the molecule is O=C1CC(c2noc(-c3cc4c(s3)CCCC4)n2)CN1Cc1cccc(Cl)c1. The van der Waals surface area contributed by atoms with E-state index < -0.39 is 0 Å². The molecule has 0 saturated carbocycles. The minimum Gasteiger partial charge on any atom is -0.338 e. The van der Waals surface area contributed by atoms with Gasteiger partial charge in [0, 0.05) is 35.3 Å². The zero-order valence-corrected chi connectivity index (χ0v) is 16.9. The maximum atomic E-state index is 12.5. The average Bonchev–Trinajstić information content (AvgIpc) is 3.40. The van der Waals surface area contributed by atoms with Crippen molar-refractivity contribution in [2.75, 3.05) is 6.54 Å². The molecule has 1 amide bonds. The normalized spacial score (nSPS) is 19.2. The smallest absolute Gasteiger partial charge is 0.268 e. The number of hydrogen-bond donors (Lipinski definition) is 0. The van der Waals surface area contributed by atoms with E-state index in [2.05, 4.69) is 16.2 Å².